The summed E-state index contributed by atoms with van der Waals surface area (Å²) in [4.78, 5) is 15.7. The van der Waals surface area contributed by atoms with Gasteiger partial charge in [0.15, 0.2) is 0 Å². The second-order valence-electron chi connectivity index (χ2n) is 3.65. The Balaban J connectivity index is 2.08. The molecule has 0 fully saturated rings. The number of nitrogens with one attached hydrogen (secondary N) is 1. The van der Waals surface area contributed by atoms with E-state index in [9.17, 15) is 4.79 Å². The summed E-state index contributed by atoms with van der Waals surface area (Å²) in [5, 5.41) is 2.79. The first-order valence-corrected chi connectivity index (χ1v) is 5.89. The number of fused-ring (bicyclic) bond motifs is 1. The number of thiol groups is 1. The van der Waals surface area contributed by atoms with Crippen molar-refractivity contribution in [2.75, 3.05) is 17.7 Å². The smallest absolute Gasteiger partial charge is 0.225 e. The van der Waals surface area contributed by atoms with Crippen LogP contribution in [0.4, 0.5) is 5.69 Å². The lowest BCUT2D eigenvalue weighted by Crippen LogP contribution is -2.15. The third-order valence-electron chi connectivity index (χ3n) is 2.42. The highest BCUT2D eigenvalue weighted by Crippen LogP contribution is 2.18. The lowest BCUT2D eigenvalue weighted by atomic mass is 10.1. The maximum atomic E-state index is 11.4. The molecule has 0 saturated heterocycles. The average molecular weight is 238 g/mol. The summed E-state index contributed by atoms with van der Waals surface area (Å²) in [7, 11) is 0. The van der Waals surface area contributed by atoms with Crippen molar-refractivity contribution in [3.05, 3.63) is 23.5 Å². The number of hydrogen-bond donors (Lipinski definition) is 2. The largest absolute Gasteiger partial charge is 0.376 e. The Hall–Kier alpha value is -1.07. The van der Waals surface area contributed by atoms with E-state index in [1.807, 2.05) is 6.07 Å². The predicted octanol–water partition coefficient (Wildman–Crippen LogP) is 1.41. The number of carbonyl (C=O) groups excluding carboxylic acids is 1. The van der Waals surface area contributed by atoms with E-state index in [1.54, 1.807) is 6.20 Å². The molecule has 1 aromatic heterocycles. The summed E-state index contributed by atoms with van der Waals surface area (Å²) in [5.41, 5.74) is 2.87. The van der Waals surface area contributed by atoms with Gasteiger partial charge in [0.2, 0.25) is 5.91 Å². The van der Waals surface area contributed by atoms with Crippen LogP contribution in [-0.2, 0) is 22.6 Å². The van der Waals surface area contributed by atoms with Crippen molar-refractivity contribution in [2.24, 2.45) is 0 Å². The van der Waals surface area contributed by atoms with Gasteiger partial charge in [-0.1, -0.05) is 0 Å². The molecule has 1 aliphatic heterocycles. The van der Waals surface area contributed by atoms with Gasteiger partial charge in [-0.25, -0.2) is 0 Å². The van der Waals surface area contributed by atoms with E-state index in [-0.39, 0.29) is 5.91 Å². The number of aromatic nitrogens is 1. The van der Waals surface area contributed by atoms with Crippen LogP contribution in [-0.4, -0.2) is 23.3 Å². The van der Waals surface area contributed by atoms with E-state index in [0.717, 1.165) is 30.0 Å². The van der Waals surface area contributed by atoms with Gasteiger partial charge >= 0.3 is 0 Å². The van der Waals surface area contributed by atoms with Gasteiger partial charge < -0.3 is 10.1 Å². The maximum Gasteiger partial charge on any atom is 0.225 e. The lowest BCUT2D eigenvalue weighted by molar-refractivity contribution is -0.115. The van der Waals surface area contributed by atoms with Gasteiger partial charge in [-0.15, -0.1) is 0 Å². The molecule has 2 rings (SSSR count). The van der Waals surface area contributed by atoms with Crippen molar-refractivity contribution in [1.82, 2.24) is 4.98 Å². The molecule has 0 bridgehead atoms. The standard InChI is InChI=1S/C11H14N2O2S/c14-11(2-4-16)13-9-5-8-7-15-3-1-10(8)12-6-9/h5-6,16H,1-4,7H2,(H,13,14). The summed E-state index contributed by atoms with van der Waals surface area (Å²) >= 11 is 4.01. The Bertz CT molecular complexity index is 396. The predicted molar refractivity (Wildman–Crippen MR) is 64.7 cm³/mol. The minimum absolute atomic E-state index is 0.0338. The van der Waals surface area contributed by atoms with E-state index in [1.165, 1.54) is 0 Å². The second kappa shape index (κ2) is 5.32. The molecule has 0 unspecified atom stereocenters. The van der Waals surface area contributed by atoms with E-state index in [0.29, 0.717) is 18.8 Å². The molecule has 0 radical (unpaired) electrons. The molecule has 0 aliphatic carbocycles. The molecule has 1 N–H and O–H groups in total. The van der Waals surface area contributed by atoms with Crippen LogP contribution in [0.1, 0.15) is 17.7 Å². The van der Waals surface area contributed by atoms with Crippen LogP contribution < -0.4 is 5.32 Å². The number of pyridine rings is 1. The number of nitrogens with zero attached hydrogens (tertiary/aromatic N) is 1. The third kappa shape index (κ3) is 2.74. The lowest BCUT2D eigenvalue weighted by Gasteiger charge is -2.16. The van der Waals surface area contributed by atoms with E-state index in [2.05, 4.69) is 22.9 Å². The highest BCUT2D eigenvalue weighted by atomic mass is 32.1. The Morgan fingerprint density at radius 1 is 1.62 bits per heavy atom. The van der Waals surface area contributed by atoms with Gasteiger partial charge in [0.05, 0.1) is 25.1 Å². The van der Waals surface area contributed by atoms with Crippen LogP contribution in [0.5, 0.6) is 0 Å². The number of rotatable bonds is 3. The van der Waals surface area contributed by atoms with Crippen LogP contribution in [0.25, 0.3) is 0 Å². The fraction of sp³-hybridized carbons (Fsp3) is 0.455. The van der Waals surface area contributed by atoms with Gasteiger partial charge in [0.25, 0.3) is 0 Å². The molecule has 5 heteroatoms. The van der Waals surface area contributed by atoms with E-state index < -0.39 is 0 Å². The van der Waals surface area contributed by atoms with Crippen LogP contribution in [0.2, 0.25) is 0 Å². The minimum Gasteiger partial charge on any atom is -0.376 e. The zero-order valence-electron chi connectivity index (χ0n) is 8.90. The molecule has 1 amide bonds. The Kier molecular flexibility index (Phi) is 3.79. The van der Waals surface area contributed by atoms with Crippen molar-refractivity contribution >= 4 is 24.2 Å². The summed E-state index contributed by atoms with van der Waals surface area (Å²) in [6, 6.07) is 1.93. The Morgan fingerprint density at radius 2 is 2.50 bits per heavy atom. The zero-order chi connectivity index (χ0) is 11.4. The number of hydrogen-bond acceptors (Lipinski definition) is 4. The maximum absolute atomic E-state index is 11.4. The van der Waals surface area contributed by atoms with Crippen molar-refractivity contribution < 1.29 is 9.53 Å². The van der Waals surface area contributed by atoms with Gasteiger partial charge in [0, 0.05) is 24.1 Å². The molecular weight excluding hydrogens is 224 g/mol. The normalized spacial score (nSPS) is 14.3. The molecule has 2 heterocycles. The van der Waals surface area contributed by atoms with Gasteiger partial charge in [-0.2, -0.15) is 12.6 Å². The molecule has 0 spiro atoms. The summed E-state index contributed by atoms with van der Waals surface area (Å²) in [6.07, 6.45) is 2.96. The van der Waals surface area contributed by atoms with Crippen molar-refractivity contribution in [2.45, 2.75) is 19.4 Å². The van der Waals surface area contributed by atoms with Crippen LogP contribution in [0.15, 0.2) is 12.3 Å². The first-order valence-electron chi connectivity index (χ1n) is 5.26. The number of anilines is 1. The number of ether oxygens (including phenoxy) is 1. The monoisotopic (exact) mass is 238 g/mol. The quantitative estimate of drug-likeness (QED) is 0.783. The zero-order valence-corrected chi connectivity index (χ0v) is 9.80. The van der Waals surface area contributed by atoms with Crippen molar-refractivity contribution in [3.63, 3.8) is 0 Å². The van der Waals surface area contributed by atoms with E-state index >= 15 is 0 Å². The molecular formula is C11H14N2O2S. The van der Waals surface area contributed by atoms with Crippen molar-refractivity contribution in [3.8, 4) is 0 Å². The molecule has 0 aromatic carbocycles. The van der Waals surface area contributed by atoms with Gasteiger partial charge in [-0.3, -0.25) is 9.78 Å². The van der Waals surface area contributed by atoms with Crippen molar-refractivity contribution in [1.29, 1.82) is 0 Å². The first-order chi connectivity index (χ1) is 7.79. The molecule has 0 atom stereocenters. The third-order valence-corrected chi connectivity index (χ3v) is 2.65. The molecule has 86 valence electrons. The molecule has 1 aliphatic rings. The molecule has 4 nitrogen and oxygen atoms in total. The topological polar surface area (TPSA) is 51.2 Å². The van der Waals surface area contributed by atoms with Gasteiger partial charge in [0.1, 0.15) is 0 Å². The minimum atomic E-state index is -0.0338. The Morgan fingerprint density at radius 3 is 3.31 bits per heavy atom. The van der Waals surface area contributed by atoms with Crippen LogP contribution in [0.3, 0.4) is 0 Å². The van der Waals surface area contributed by atoms with Gasteiger partial charge in [-0.05, 0) is 11.8 Å². The second-order valence-corrected chi connectivity index (χ2v) is 4.10. The highest BCUT2D eigenvalue weighted by Gasteiger charge is 2.11. The summed E-state index contributed by atoms with van der Waals surface area (Å²) < 4.78 is 5.34. The SMILES string of the molecule is O=C(CCS)Nc1cnc2c(c1)COCC2. The van der Waals surface area contributed by atoms with Crippen LogP contribution in [0, 0.1) is 0 Å². The Labute approximate surface area is 99.8 Å². The van der Waals surface area contributed by atoms with E-state index in [4.69, 9.17) is 4.74 Å². The fourth-order valence-electron chi connectivity index (χ4n) is 1.63. The first kappa shape index (κ1) is 11.4. The molecule has 0 saturated carbocycles. The number of carbonyl (C=O) groups is 1. The number of amides is 1. The average Bonchev–Trinajstić information content (AvgIpc) is 2.29. The molecule has 16 heavy (non-hydrogen) atoms. The summed E-state index contributed by atoms with van der Waals surface area (Å²) in [5.74, 6) is 0.515. The summed E-state index contributed by atoms with van der Waals surface area (Å²) in [6.45, 7) is 1.31. The van der Waals surface area contributed by atoms with Crippen LogP contribution >= 0.6 is 12.6 Å². The highest BCUT2D eigenvalue weighted by molar-refractivity contribution is 7.80. The molecule has 1 aromatic rings. The fourth-order valence-corrected chi connectivity index (χ4v) is 1.84.